The number of hydrogen-bond donors (Lipinski definition) is 1. The molecule has 0 aromatic heterocycles. The summed E-state index contributed by atoms with van der Waals surface area (Å²) in [6.07, 6.45) is 0. The van der Waals surface area contributed by atoms with Crippen LogP contribution in [-0.4, -0.2) is 13.0 Å². The van der Waals surface area contributed by atoms with Gasteiger partial charge in [-0.25, -0.2) is 0 Å². The van der Waals surface area contributed by atoms with E-state index >= 15 is 0 Å². The maximum absolute atomic E-state index is 6.22. The first-order valence-electron chi connectivity index (χ1n) is 9.78. The van der Waals surface area contributed by atoms with Gasteiger partial charge < -0.3 is 10.5 Å². The predicted octanol–water partition coefficient (Wildman–Crippen LogP) is 5.65. The minimum atomic E-state index is 0.103. The predicted molar refractivity (Wildman–Crippen MR) is 122 cm³/mol. The van der Waals surface area contributed by atoms with Crippen LogP contribution in [0.15, 0.2) is 83.9 Å². The molecule has 0 radical (unpaired) electrons. The third-order valence-electron chi connectivity index (χ3n) is 4.79. The summed E-state index contributed by atoms with van der Waals surface area (Å²) in [7, 11) is 1.70. The van der Waals surface area contributed by atoms with Crippen molar-refractivity contribution in [2.45, 2.75) is 32.8 Å². The van der Waals surface area contributed by atoms with Crippen LogP contribution in [0.1, 0.15) is 31.9 Å². The van der Waals surface area contributed by atoms with Gasteiger partial charge in [-0.2, -0.15) is 0 Å². The molecule has 3 rings (SSSR count). The number of benzene rings is 3. The van der Waals surface area contributed by atoms with E-state index in [4.69, 9.17) is 10.5 Å². The molecule has 4 heteroatoms. The molecule has 0 spiro atoms. The zero-order valence-corrected chi connectivity index (χ0v) is 17.6. The average Bonchev–Trinajstić information content (AvgIpc) is 2.73. The van der Waals surface area contributed by atoms with Crippen LogP contribution < -0.4 is 15.4 Å². The molecule has 0 saturated carbocycles. The van der Waals surface area contributed by atoms with Crippen molar-refractivity contribution in [2.75, 3.05) is 11.9 Å². The Morgan fingerprint density at radius 3 is 1.93 bits per heavy atom. The van der Waals surface area contributed by atoms with Crippen molar-refractivity contribution in [3.63, 3.8) is 0 Å². The second-order valence-corrected chi connectivity index (χ2v) is 7.98. The first kappa shape index (κ1) is 20.5. The highest BCUT2D eigenvalue weighted by Gasteiger charge is 2.17. The minimum absolute atomic E-state index is 0.103. The summed E-state index contributed by atoms with van der Waals surface area (Å²) in [6.45, 7) is 7.15. The monoisotopic (exact) mass is 387 g/mol. The SMILES string of the molecule is CN=C(N)N(c1ccc(OCc2ccccc2)cc1)c1ccc(C(C)(C)C)cc1. The maximum atomic E-state index is 6.22. The van der Waals surface area contributed by atoms with Gasteiger partial charge in [0, 0.05) is 18.4 Å². The third-order valence-corrected chi connectivity index (χ3v) is 4.79. The van der Waals surface area contributed by atoms with Gasteiger partial charge in [-0.1, -0.05) is 63.2 Å². The Hall–Kier alpha value is -3.27. The lowest BCUT2D eigenvalue weighted by Gasteiger charge is -2.25. The topological polar surface area (TPSA) is 50.8 Å². The van der Waals surface area contributed by atoms with Crippen molar-refractivity contribution in [1.29, 1.82) is 0 Å². The summed E-state index contributed by atoms with van der Waals surface area (Å²) < 4.78 is 5.89. The van der Waals surface area contributed by atoms with Crippen LogP contribution in [-0.2, 0) is 12.0 Å². The maximum Gasteiger partial charge on any atom is 0.200 e. The number of rotatable bonds is 5. The number of hydrogen-bond acceptors (Lipinski definition) is 2. The first-order valence-corrected chi connectivity index (χ1v) is 9.78. The molecule has 2 N–H and O–H groups in total. The molecule has 0 saturated heterocycles. The van der Waals surface area contributed by atoms with Crippen molar-refractivity contribution in [3.05, 3.63) is 90.0 Å². The van der Waals surface area contributed by atoms with Gasteiger partial charge in [-0.05, 0) is 52.9 Å². The van der Waals surface area contributed by atoms with E-state index in [0.29, 0.717) is 12.6 Å². The van der Waals surface area contributed by atoms with Crippen molar-refractivity contribution in [1.82, 2.24) is 0 Å². The highest BCUT2D eigenvalue weighted by Crippen LogP contribution is 2.30. The molecule has 0 unspecified atom stereocenters. The van der Waals surface area contributed by atoms with Crippen LogP contribution in [0.5, 0.6) is 5.75 Å². The molecular weight excluding hydrogens is 358 g/mol. The Kier molecular flexibility index (Phi) is 6.23. The van der Waals surface area contributed by atoms with Gasteiger partial charge >= 0.3 is 0 Å². The molecule has 4 nitrogen and oxygen atoms in total. The van der Waals surface area contributed by atoms with Crippen molar-refractivity contribution in [2.24, 2.45) is 10.7 Å². The van der Waals surface area contributed by atoms with E-state index in [9.17, 15) is 0 Å². The van der Waals surface area contributed by atoms with Gasteiger partial charge in [0.1, 0.15) is 12.4 Å². The Morgan fingerprint density at radius 1 is 0.862 bits per heavy atom. The number of aliphatic imine (C=N–C) groups is 1. The zero-order chi connectivity index (χ0) is 20.9. The fraction of sp³-hybridized carbons (Fsp3) is 0.240. The van der Waals surface area contributed by atoms with E-state index in [1.54, 1.807) is 7.05 Å². The van der Waals surface area contributed by atoms with E-state index in [-0.39, 0.29) is 5.41 Å². The van der Waals surface area contributed by atoms with Gasteiger partial charge in [0.2, 0.25) is 0 Å². The van der Waals surface area contributed by atoms with Crippen molar-refractivity contribution >= 4 is 17.3 Å². The Balaban J connectivity index is 1.80. The lowest BCUT2D eigenvalue weighted by Crippen LogP contribution is -2.33. The van der Waals surface area contributed by atoms with Gasteiger partial charge in [0.05, 0.1) is 0 Å². The summed E-state index contributed by atoms with van der Waals surface area (Å²) in [5, 5.41) is 0. The van der Waals surface area contributed by atoms with Gasteiger partial charge in [-0.3, -0.25) is 9.89 Å². The smallest absolute Gasteiger partial charge is 0.200 e. The summed E-state index contributed by atoms with van der Waals surface area (Å²) in [5.41, 5.74) is 10.6. The van der Waals surface area contributed by atoms with E-state index in [0.717, 1.165) is 22.7 Å². The van der Waals surface area contributed by atoms with Gasteiger partial charge in [0.25, 0.3) is 0 Å². The lowest BCUT2D eigenvalue weighted by molar-refractivity contribution is 0.306. The highest BCUT2D eigenvalue weighted by molar-refractivity contribution is 6.01. The van der Waals surface area contributed by atoms with E-state index < -0.39 is 0 Å². The zero-order valence-electron chi connectivity index (χ0n) is 17.6. The minimum Gasteiger partial charge on any atom is -0.489 e. The number of anilines is 2. The molecule has 0 bridgehead atoms. The second kappa shape index (κ2) is 8.82. The fourth-order valence-electron chi connectivity index (χ4n) is 3.06. The van der Waals surface area contributed by atoms with Crippen LogP contribution in [0, 0.1) is 0 Å². The molecule has 29 heavy (non-hydrogen) atoms. The molecule has 0 heterocycles. The number of guanidine groups is 1. The largest absolute Gasteiger partial charge is 0.489 e. The van der Waals surface area contributed by atoms with Crippen LogP contribution in [0.4, 0.5) is 11.4 Å². The molecule has 0 amide bonds. The van der Waals surface area contributed by atoms with E-state index in [2.05, 4.69) is 62.2 Å². The fourth-order valence-corrected chi connectivity index (χ4v) is 3.06. The molecule has 0 atom stereocenters. The molecule has 0 fully saturated rings. The van der Waals surface area contributed by atoms with Gasteiger partial charge in [0.15, 0.2) is 5.96 Å². The normalized spacial score (nSPS) is 11.9. The summed E-state index contributed by atoms with van der Waals surface area (Å²) >= 11 is 0. The molecule has 0 aliphatic carbocycles. The average molecular weight is 388 g/mol. The van der Waals surface area contributed by atoms with Crippen molar-refractivity contribution in [3.8, 4) is 5.75 Å². The molecule has 150 valence electrons. The Bertz CT molecular complexity index is 940. The van der Waals surface area contributed by atoms with Crippen LogP contribution in [0.2, 0.25) is 0 Å². The lowest BCUT2D eigenvalue weighted by atomic mass is 9.87. The summed E-state index contributed by atoms with van der Waals surface area (Å²) in [4.78, 5) is 6.14. The highest BCUT2D eigenvalue weighted by atomic mass is 16.5. The molecule has 0 aliphatic heterocycles. The third kappa shape index (κ3) is 5.17. The summed E-state index contributed by atoms with van der Waals surface area (Å²) in [5.74, 6) is 1.25. The van der Waals surface area contributed by atoms with E-state index in [1.165, 1.54) is 5.56 Å². The van der Waals surface area contributed by atoms with E-state index in [1.807, 2.05) is 47.4 Å². The number of nitrogens with zero attached hydrogens (tertiary/aromatic N) is 2. The standard InChI is InChI=1S/C25H29N3O/c1-25(2,3)20-10-12-21(13-11-20)28(24(26)27-4)22-14-16-23(17-15-22)29-18-19-8-6-5-7-9-19/h5-17H,18H2,1-4H3,(H2,26,27). The quantitative estimate of drug-likeness (QED) is 0.455. The van der Waals surface area contributed by atoms with Crippen LogP contribution >= 0.6 is 0 Å². The van der Waals surface area contributed by atoms with Crippen LogP contribution in [0.3, 0.4) is 0 Å². The van der Waals surface area contributed by atoms with Gasteiger partial charge in [-0.15, -0.1) is 0 Å². The number of nitrogens with two attached hydrogens (primary N) is 1. The molecular formula is C25H29N3O. The first-order chi connectivity index (χ1) is 13.9. The Morgan fingerprint density at radius 2 is 1.41 bits per heavy atom. The molecule has 3 aromatic carbocycles. The molecule has 3 aromatic rings. The second-order valence-electron chi connectivity index (χ2n) is 7.98. The number of ether oxygens (including phenoxy) is 1. The summed E-state index contributed by atoms with van der Waals surface area (Å²) in [6, 6.07) is 26.5. The van der Waals surface area contributed by atoms with Crippen molar-refractivity contribution < 1.29 is 4.74 Å². The molecule has 0 aliphatic rings. The Labute approximate surface area is 173 Å². The van der Waals surface area contributed by atoms with Crippen LogP contribution in [0.25, 0.3) is 0 Å².